The van der Waals surface area contributed by atoms with E-state index in [0.29, 0.717) is 0 Å². The molecule has 0 aliphatic carbocycles. The molecule has 2 nitrogen and oxygen atoms in total. The average molecular weight is 277 g/mol. The molecule has 1 aliphatic heterocycles. The maximum absolute atomic E-state index is 5.56. The van der Waals surface area contributed by atoms with Crippen molar-refractivity contribution in [2.75, 3.05) is 6.61 Å². The van der Waals surface area contributed by atoms with Gasteiger partial charge in [-0.25, -0.2) is 0 Å². The Bertz CT molecular complexity index is 800. The summed E-state index contributed by atoms with van der Waals surface area (Å²) in [5.74, 6) is 1.07. The summed E-state index contributed by atoms with van der Waals surface area (Å²) in [6.07, 6.45) is 3.17. The second-order valence-corrected chi connectivity index (χ2v) is 5.93. The first-order chi connectivity index (χ1) is 10.3. The van der Waals surface area contributed by atoms with Crippen molar-refractivity contribution in [3.8, 4) is 5.75 Å². The zero-order valence-corrected chi connectivity index (χ0v) is 12.3. The lowest BCUT2D eigenvalue weighted by atomic mass is 10.0. The predicted octanol–water partition coefficient (Wildman–Crippen LogP) is 4.20. The van der Waals surface area contributed by atoms with Crippen molar-refractivity contribution in [1.29, 1.82) is 0 Å². The third-order valence-electron chi connectivity index (χ3n) is 4.27. The molecule has 21 heavy (non-hydrogen) atoms. The van der Waals surface area contributed by atoms with E-state index in [4.69, 9.17) is 4.74 Å². The summed E-state index contributed by atoms with van der Waals surface area (Å²) in [5.41, 5.74) is 6.62. The van der Waals surface area contributed by atoms with Gasteiger partial charge in [0.25, 0.3) is 0 Å². The Morgan fingerprint density at radius 2 is 2.00 bits per heavy atom. The summed E-state index contributed by atoms with van der Waals surface area (Å²) in [4.78, 5) is 3.52. The molecule has 0 unspecified atom stereocenters. The first-order valence-electron chi connectivity index (χ1n) is 7.61. The second-order valence-electron chi connectivity index (χ2n) is 5.93. The number of aromatic nitrogens is 1. The molecule has 0 spiro atoms. The van der Waals surface area contributed by atoms with Crippen LogP contribution in [0.25, 0.3) is 10.9 Å². The number of H-pyrrole nitrogens is 1. The number of aromatic amines is 1. The van der Waals surface area contributed by atoms with E-state index < -0.39 is 0 Å². The minimum absolute atomic E-state index is 0.833. The number of fused-ring (bicyclic) bond motifs is 2. The highest BCUT2D eigenvalue weighted by Crippen LogP contribution is 2.26. The van der Waals surface area contributed by atoms with E-state index in [-0.39, 0.29) is 0 Å². The molecule has 0 atom stereocenters. The minimum Gasteiger partial charge on any atom is -0.493 e. The highest BCUT2D eigenvalue weighted by atomic mass is 16.5. The van der Waals surface area contributed by atoms with Gasteiger partial charge < -0.3 is 9.72 Å². The summed E-state index contributed by atoms with van der Waals surface area (Å²) in [5, 5.41) is 1.31. The normalized spacial score (nSPS) is 13.4. The van der Waals surface area contributed by atoms with E-state index in [1.165, 1.54) is 33.3 Å². The number of rotatable bonds is 3. The summed E-state index contributed by atoms with van der Waals surface area (Å²) < 4.78 is 5.56. The number of benzene rings is 2. The van der Waals surface area contributed by atoms with Crippen LogP contribution in [-0.4, -0.2) is 11.6 Å². The zero-order valence-electron chi connectivity index (χ0n) is 12.3. The SMILES string of the molecule is Cc1ccc2[nH]c(CCc3ccc4c(c3)CCO4)cc2c1. The molecule has 2 aromatic carbocycles. The smallest absolute Gasteiger partial charge is 0.122 e. The Hall–Kier alpha value is -2.22. The van der Waals surface area contributed by atoms with Gasteiger partial charge in [0.1, 0.15) is 5.75 Å². The molecular weight excluding hydrogens is 258 g/mol. The first kappa shape index (κ1) is 12.5. The van der Waals surface area contributed by atoms with Crippen LogP contribution in [0.3, 0.4) is 0 Å². The van der Waals surface area contributed by atoms with E-state index >= 15 is 0 Å². The Kier molecular flexibility index (Phi) is 2.95. The van der Waals surface area contributed by atoms with Crippen LogP contribution in [0, 0.1) is 6.92 Å². The van der Waals surface area contributed by atoms with Gasteiger partial charge in [-0.15, -0.1) is 0 Å². The fourth-order valence-electron chi connectivity index (χ4n) is 3.12. The maximum Gasteiger partial charge on any atom is 0.122 e. The summed E-state index contributed by atoms with van der Waals surface area (Å²) in [6, 6.07) is 15.4. The molecule has 3 aromatic rings. The summed E-state index contributed by atoms with van der Waals surface area (Å²) in [7, 11) is 0. The molecule has 106 valence electrons. The van der Waals surface area contributed by atoms with Crippen molar-refractivity contribution < 1.29 is 4.74 Å². The Morgan fingerprint density at radius 1 is 1.05 bits per heavy atom. The standard InChI is InChI=1S/C19H19NO/c1-13-2-6-18-16(10-13)12-17(20-18)5-3-14-4-7-19-15(11-14)8-9-21-19/h2,4,6-7,10-12,20H,3,5,8-9H2,1H3. The van der Waals surface area contributed by atoms with E-state index in [1.54, 1.807) is 0 Å². The van der Waals surface area contributed by atoms with Gasteiger partial charge in [-0.05, 0) is 60.5 Å². The number of ether oxygens (including phenoxy) is 1. The summed E-state index contributed by atoms with van der Waals surface area (Å²) in [6.45, 7) is 2.97. The molecule has 0 saturated carbocycles. The zero-order chi connectivity index (χ0) is 14.2. The minimum atomic E-state index is 0.833. The molecule has 0 saturated heterocycles. The van der Waals surface area contributed by atoms with Crippen molar-refractivity contribution in [3.05, 3.63) is 64.8 Å². The van der Waals surface area contributed by atoms with E-state index in [1.807, 2.05) is 0 Å². The molecule has 0 fully saturated rings. The van der Waals surface area contributed by atoms with Crippen LogP contribution in [0.15, 0.2) is 42.5 Å². The van der Waals surface area contributed by atoms with Crippen LogP contribution in [-0.2, 0) is 19.3 Å². The predicted molar refractivity (Wildman–Crippen MR) is 86.1 cm³/mol. The molecule has 2 heteroatoms. The summed E-state index contributed by atoms with van der Waals surface area (Å²) >= 11 is 0. The molecule has 0 amide bonds. The number of nitrogens with one attached hydrogen (secondary N) is 1. The average Bonchev–Trinajstić information content (AvgIpc) is 3.09. The van der Waals surface area contributed by atoms with E-state index in [2.05, 4.69) is 54.4 Å². The second kappa shape index (κ2) is 4.96. The van der Waals surface area contributed by atoms with Gasteiger partial charge in [-0.3, -0.25) is 0 Å². The van der Waals surface area contributed by atoms with Crippen LogP contribution in [0.5, 0.6) is 5.75 Å². The third kappa shape index (κ3) is 2.42. The molecule has 1 aliphatic rings. The van der Waals surface area contributed by atoms with Crippen LogP contribution in [0.4, 0.5) is 0 Å². The number of aryl methyl sites for hydroxylation is 3. The van der Waals surface area contributed by atoms with Gasteiger partial charge in [0.2, 0.25) is 0 Å². The Balaban J connectivity index is 1.52. The van der Waals surface area contributed by atoms with E-state index in [9.17, 15) is 0 Å². The van der Waals surface area contributed by atoms with Crippen molar-refractivity contribution in [3.63, 3.8) is 0 Å². The lowest BCUT2D eigenvalue weighted by Gasteiger charge is -2.03. The molecule has 1 N–H and O–H groups in total. The van der Waals surface area contributed by atoms with Gasteiger partial charge in [0, 0.05) is 17.6 Å². The fraction of sp³-hybridized carbons (Fsp3) is 0.263. The number of hydrogen-bond donors (Lipinski definition) is 1. The third-order valence-corrected chi connectivity index (χ3v) is 4.27. The van der Waals surface area contributed by atoms with Gasteiger partial charge >= 0.3 is 0 Å². The lowest BCUT2D eigenvalue weighted by Crippen LogP contribution is -1.92. The quantitative estimate of drug-likeness (QED) is 0.762. The lowest BCUT2D eigenvalue weighted by molar-refractivity contribution is 0.357. The Labute approximate surface area is 124 Å². The molecule has 0 bridgehead atoms. The van der Waals surface area contributed by atoms with Gasteiger partial charge in [0.05, 0.1) is 6.61 Å². The number of hydrogen-bond acceptors (Lipinski definition) is 1. The van der Waals surface area contributed by atoms with E-state index in [0.717, 1.165) is 31.6 Å². The van der Waals surface area contributed by atoms with Crippen LogP contribution < -0.4 is 4.74 Å². The van der Waals surface area contributed by atoms with Crippen LogP contribution in [0.1, 0.15) is 22.4 Å². The molecule has 4 rings (SSSR count). The van der Waals surface area contributed by atoms with Gasteiger partial charge in [-0.1, -0.05) is 23.8 Å². The molecular formula is C19H19NO. The van der Waals surface area contributed by atoms with Crippen molar-refractivity contribution >= 4 is 10.9 Å². The van der Waals surface area contributed by atoms with Crippen LogP contribution >= 0.6 is 0 Å². The van der Waals surface area contributed by atoms with Crippen molar-refractivity contribution in [2.24, 2.45) is 0 Å². The highest BCUT2D eigenvalue weighted by molar-refractivity contribution is 5.81. The largest absolute Gasteiger partial charge is 0.493 e. The van der Waals surface area contributed by atoms with Gasteiger partial charge in [-0.2, -0.15) is 0 Å². The van der Waals surface area contributed by atoms with Crippen molar-refractivity contribution in [1.82, 2.24) is 4.98 Å². The Morgan fingerprint density at radius 3 is 2.95 bits per heavy atom. The molecule has 1 aromatic heterocycles. The van der Waals surface area contributed by atoms with Crippen LogP contribution in [0.2, 0.25) is 0 Å². The highest BCUT2D eigenvalue weighted by Gasteiger charge is 2.12. The molecule has 0 radical (unpaired) electrons. The maximum atomic E-state index is 5.56. The topological polar surface area (TPSA) is 25.0 Å². The van der Waals surface area contributed by atoms with Gasteiger partial charge in [0.15, 0.2) is 0 Å². The monoisotopic (exact) mass is 277 g/mol. The first-order valence-corrected chi connectivity index (χ1v) is 7.61. The molecule has 2 heterocycles. The fourth-order valence-corrected chi connectivity index (χ4v) is 3.12. The van der Waals surface area contributed by atoms with Crippen molar-refractivity contribution in [2.45, 2.75) is 26.2 Å².